The van der Waals surface area contributed by atoms with E-state index in [1.165, 1.54) is 0 Å². The van der Waals surface area contributed by atoms with Crippen LogP contribution in [0.25, 0.3) is 0 Å². The van der Waals surface area contributed by atoms with Gasteiger partial charge in [-0.3, -0.25) is 4.79 Å². The second-order valence-electron chi connectivity index (χ2n) is 6.30. The van der Waals surface area contributed by atoms with Gasteiger partial charge in [0.05, 0.1) is 44.0 Å². The van der Waals surface area contributed by atoms with Crippen LogP contribution >= 0.6 is 15.9 Å². The Bertz CT molecular complexity index is 874. The zero-order valence-corrected chi connectivity index (χ0v) is 18.2. The van der Waals surface area contributed by atoms with Crippen LogP contribution in [-0.2, 0) is 16.0 Å². The largest absolute Gasteiger partial charge is 0.496 e. The van der Waals surface area contributed by atoms with Gasteiger partial charge in [0.25, 0.3) is 0 Å². The summed E-state index contributed by atoms with van der Waals surface area (Å²) in [6.45, 7) is 2.34. The molecule has 2 aromatic rings. The maximum Gasteiger partial charge on any atom is 0.229 e. The first-order valence-corrected chi connectivity index (χ1v) is 9.92. The predicted octanol–water partition coefficient (Wildman–Crippen LogP) is 2.44. The minimum atomic E-state index is 0.0317. The van der Waals surface area contributed by atoms with E-state index in [2.05, 4.69) is 36.5 Å². The minimum absolute atomic E-state index is 0.0317. The van der Waals surface area contributed by atoms with Gasteiger partial charge in [-0.1, -0.05) is 0 Å². The third-order valence-corrected chi connectivity index (χ3v) is 5.12. The number of ether oxygens (including phenoxy) is 3. The molecule has 10 heteroatoms. The first-order chi connectivity index (χ1) is 14.0. The lowest BCUT2D eigenvalue weighted by Gasteiger charge is -2.27. The van der Waals surface area contributed by atoms with E-state index in [0.717, 1.165) is 10.0 Å². The number of amides is 1. The van der Waals surface area contributed by atoms with Gasteiger partial charge in [0.2, 0.25) is 11.9 Å². The van der Waals surface area contributed by atoms with Crippen LogP contribution in [0.15, 0.2) is 22.8 Å². The second kappa shape index (κ2) is 9.75. The van der Waals surface area contributed by atoms with Crippen molar-refractivity contribution < 1.29 is 19.0 Å². The molecule has 9 nitrogen and oxygen atoms in total. The lowest BCUT2D eigenvalue weighted by atomic mass is 10.1. The van der Waals surface area contributed by atoms with E-state index in [4.69, 9.17) is 14.2 Å². The summed E-state index contributed by atoms with van der Waals surface area (Å²) < 4.78 is 17.1. The average Bonchev–Trinajstić information content (AvgIpc) is 2.76. The van der Waals surface area contributed by atoms with Crippen LogP contribution in [0, 0.1) is 0 Å². The molecule has 3 rings (SSSR count). The summed E-state index contributed by atoms with van der Waals surface area (Å²) in [5.74, 6) is 2.23. The van der Waals surface area contributed by atoms with Crippen LogP contribution in [-0.4, -0.2) is 68.3 Å². The van der Waals surface area contributed by atoms with Gasteiger partial charge in [-0.2, -0.15) is 4.98 Å². The number of benzene rings is 1. The average molecular weight is 466 g/mol. The van der Waals surface area contributed by atoms with Crippen molar-refractivity contribution in [1.29, 1.82) is 0 Å². The number of nitrogens with zero attached hydrogens (tertiary/aromatic N) is 3. The number of morpholine rings is 1. The van der Waals surface area contributed by atoms with Crippen LogP contribution in [0.4, 0.5) is 17.5 Å². The van der Waals surface area contributed by atoms with Gasteiger partial charge in [0.1, 0.15) is 17.3 Å². The Kier molecular flexibility index (Phi) is 7.10. The summed E-state index contributed by atoms with van der Waals surface area (Å²) in [5.41, 5.74) is 1.38. The highest BCUT2D eigenvalue weighted by Crippen LogP contribution is 2.35. The van der Waals surface area contributed by atoms with Gasteiger partial charge in [-0.15, -0.1) is 0 Å². The molecule has 1 aromatic heterocycles. The molecular weight excluding hydrogens is 442 g/mol. The van der Waals surface area contributed by atoms with E-state index in [0.29, 0.717) is 55.3 Å². The number of carbonyl (C=O) groups excluding carboxylic acids is 1. The maximum absolute atomic E-state index is 12.6. The van der Waals surface area contributed by atoms with E-state index in [-0.39, 0.29) is 12.3 Å². The van der Waals surface area contributed by atoms with Crippen molar-refractivity contribution in [3.8, 4) is 11.5 Å². The van der Waals surface area contributed by atoms with Crippen LogP contribution in [0.1, 0.15) is 5.56 Å². The maximum atomic E-state index is 12.6. The minimum Gasteiger partial charge on any atom is -0.496 e. The van der Waals surface area contributed by atoms with E-state index in [1.54, 1.807) is 44.5 Å². The number of rotatable bonds is 7. The first-order valence-electron chi connectivity index (χ1n) is 9.13. The highest BCUT2D eigenvalue weighted by Gasteiger charge is 2.20. The van der Waals surface area contributed by atoms with Crippen molar-refractivity contribution in [3.63, 3.8) is 0 Å². The zero-order chi connectivity index (χ0) is 20.8. The normalized spacial score (nSPS) is 13.7. The Balaban J connectivity index is 1.84. The Hall–Kier alpha value is -2.59. The molecule has 0 atom stereocenters. The van der Waals surface area contributed by atoms with Crippen LogP contribution in [0.2, 0.25) is 0 Å². The lowest BCUT2D eigenvalue weighted by molar-refractivity contribution is -0.134. The van der Waals surface area contributed by atoms with Crippen molar-refractivity contribution >= 4 is 39.3 Å². The van der Waals surface area contributed by atoms with Crippen molar-refractivity contribution in [2.24, 2.45) is 0 Å². The molecular formula is C19H24BrN5O4. The highest BCUT2D eigenvalue weighted by molar-refractivity contribution is 9.10. The molecule has 0 bridgehead atoms. The van der Waals surface area contributed by atoms with E-state index in [9.17, 15) is 4.79 Å². The number of hydrogen-bond donors (Lipinski definition) is 2. The highest BCUT2D eigenvalue weighted by atomic mass is 79.9. The lowest BCUT2D eigenvalue weighted by Crippen LogP contribution is -2.41. The van der Waals surface area contributed by atoms with Gasteiger partial charge in [0.15, 0.2) is 0 Å². The van der Waals surface area contributed by atoms with E-state index < -0.39 is 0 Å². The molecule has 1 amide bonds. The fourth-order valence-corrected chi connectivity index (χ4v) is 3.40. The Morgan fingerprint density at radius 1 is 1.24 bits per heavy atom. The van der Waals surface area contributed by atoms with Gasteiger partial charge in [-0.05, 0) is 22.0 Å². The molecule has 0 aliphatic carbocycles. The van der Waals surface area contributed by atoms with Crippen LogP contribution < -0.4 is 20.1 Å². The summed E-state index contributed by atoms with van der Waals surface area (Å²) in [6, 6.07) is 3.59. The number of anilines is 3. The van der Waals surface area contributed by atoms with Gasteiger partial charge >= 0.3 is 0 Å². The van der Waals surface area contributed by atoms with Crippen molar-refractivity contribution in [1.82, 2.24) is 14.9 Å². The molecule has 1 fully saturated rings. The van der Waals surface area contributed by atoms with E-state index >= 15 is 0 Å². The summed E-state index contributed by atoms with van der Waals surface area (Å²) in [7, 11) is 4.92. The van der Waals surface area contributed by atoms with Crippen molar-refractivity contribution in [3.05, 3.63) is 28.4 Å². The fraction of sp³-hybridized carbons (Fsp3) is 0.421. The summed E-state index contributed by atoms with van der Waals surface area (Å²) in [6.07, 6.45) is 1.87. The molecule has 1 aromatic carbocycles. The third kappa shape index (κ3) is 5.07. The number of nitrogens with one attached hydrogen (secondary N) is 2. The molecule has 156 valence electrons. The SMILES string of the molecule is CNc1nc(Nc2cc(OC)c(CC(=O)N3CCOCC3)cc2OC)ncc1Br. The van der Waals surface area contributed by atoms with Gasteiger partial charge < -0.3 is 29.7 Å². The topological polar surface area (TPSA) is 97.8 Å². The zero-order valence-electron chi connectivity index (χ0n) is 16.6. The number of carbonyl (C=O) groups is 1. The van der Waals surface area contributed by atoms with Crippen LogP contribution in [0.5, 0.6) is 11.5 Å². The number of methoxy groups -OCH3 is 2. The molecule has 1 aliphatic heterocycles. The monoisotopic (exact) mass is 465 g/mol. The van der Waals surface area contributed by atoms with Crippen molar-refractivity contribution in [2.75, 3.05) is 58.2 Å². The smallest absolute Gasteiger partial charge is 0.229 e. The second-order valence-corrected chi connectivity index (χ2v) is 7.15. The molecule has 2 N–H and O–H groups in total. The van der Waals surface area contributed by atoms with Crippen LogP contribution in [0.3, 0.4) is 0 Å². The quantitative estimate of drug-likeness (QED) is 0.643. The molecule has 0 saturated carbocycles. The Morgan fingerprint density at radius 2 is 1.97 bits per heavy atom. The van der Waals surface area contributed by atoms with Crippen molar-refractivity contribution in [2.45, 2.75) is 6.42 Å². The van der Waals surface area contributed by atoms with Gasteiger partial charge in [0, 0.05) is 38.0 Å². The Labute approximate surface area is 177 Å². The number of hydrogen-bond acceptors (Lipinski definition) is 8. The van der Waals surface area contributed by atoms with E-state index in [1.807, 2.05) is 0 Å². The molecule has 2 heterocycles. The summed E-state index contributed by atoms with van der Waals surface area (Å²) >= 11 is 3.39. The molecule has 0 unspecified atom stereocenters. The molecule has 1 saturated heterocycles. The number of aromatic nitrogens is 2. The standard InChI is InChI=1S/C19H24BrN5O4/c1-21-18-13(20)11-22-19(24-18)23-14-10-15(27-2)12(8-16(14)28-3)9-17(26)25-4-6-29-7-5-25/h8,10-11H,4-7,9H2,1-3H3,(H2,21,22,23,24). The molecule has 0 spiro atoms. The molecule has 1 aliphatic rings. The summed E-state index contributed by atoms with van der Waals surface area (Å²) in [4.78, 5) is 23.1. The number of halogens is 1. The molecule has 0 radical (unpaired) electrons. The third-order valence-electron chi connectivity index (χ3n) is 4.54. The summed E-state index contributed by atoms with van der Waals surface area (Å²) in [5, 5.41) is 6.13. The Morgan fingerprint density at radius 3 is 2.62 bits per heavy atom. The first kappa shape index (κ1) is 21.1. The molecule has 29 heavy (non-hydrogen) atoms. The fourth-order valence-electron chi connectivity index (χ4n) is 3.01. The van der Waals surface area contributed by atoms with Gasteiger partial charge in [-0.25, -0.2) is 4.98 Å². The predicted molar refractivity (Wildman–Crippen MR) is 113 cm³/mol.